The fraction of sp³-hybridized carbons (Fsp3) is 0.464. The Morgan fingerprint density at radius 3 is 2.16 bits per heavy atom. The van der Waals surface area contributed by atoms with E-state index in [0.717, 1.165) is 24.3 Å². The maximum absolute atomic E-state index is 13.8. The lowest BCUT2D eigenvalue weighted by Gasteiger charge is -2.45. The standard InChI is InChI=1S/C28H32O16/c1-9-17(33)19(35)21(37)26(40-9)43-24-18(34)16-14(32)6-11(41-27-22(38)20(36)25(39)28(2,8-29)44-27)7-15(16)42-23(24)10-3-4-12(30)13(31)5-10/h3-7,9,17,19-22,25-27,29-33,35-39H,8H2,1-2H3. The predicted octanol–water partition coefficient (Wildman–Crippen LogP) is -1.65. The van der Waals surface area contributed by atoms with E-state index in [1.54, 1.807) is 0 Å². The number of aliphatic hydroxyl groups is 7. The Morgan fingerprint density at radius 2 is 1.50 bits per heavy atom. The molecule has 3 aromatic rings. The number of phenols is 3. The van der Waals surface area contributed by atoms with E-state index < -0.39 is 107 Å². The van der Waals surface area contributed by atoms with Crippen LogP contribution in [-0.4, -0.2) is 119 Å². The summed E-state index contributed by atoms with van der Waals surface area (Å²) in [5.74, 6) is -3.12. The summed E-state index contributed by atoms with van der Waals surface area (Å²) in [7, 11) is 0. The average molecular weight is 625 g/mol. The van der Waals surface area contributed by atoms with Crippen LogP contribution in [-0.2, 0) is 9.47 Å². The Balaban J connectivity index is 1.61. The first-order chi connectivity index (χ1) is 20.7. The van der Waals surface area contributed by atoms with Crippen molar-refractivity contribution < 1.29 is 74.4 Å². The number of aromatic hydroxyl groups is 3. The number of benzene rings is 2. The van der Waals surface area contributed by atoms with Gasteiger partial charge in [0.05, 0.1) is 12.7 Å². The van der Waals surface area contributed by atoms with Crippen molar-refractivity contribution in [2.45, 2.75) is 74.8 Å². The summed E-state index contributed by atoms with van der Waals surface area (Å²) in [4.78, 5) is 13.8. The molecule has 10 atom stereocenters. The molecule has 2 aliphatic heterocycles. The van der Waals surface area contributed by atoms with E-state index >= 15 is 0 Å². The number of ether oxygens (including phenoxy) is 4. The van der Waals surface area contributed by atoms with E-state index in [0.29, 0.717) is 0 Å². The molecule has 16 heteroatoms. The monoisotopic (exact) mass is 624 g/mol. The number of hydrogen-bond donors (Lipinski definition) is 10. The zero-order valence-corrected chi connectivity index (χ0v) is 23.2. The first kappa shape index (κ1) is 31.7. The number of rotatable bonds is 6. The lowest BCUT2D eigenvalue weighted by Crippen LogP contribution is -2.65. The number of fused-ring (bicyclic) bond motifs is 1. The van der Waals surface area contributed by atoms with Crippen LogP contribution in [0.2, 0.25) is 0 Å². The first-order valence-electron chi connectivity index (χ1n) is 13.4. The van der Waals surface area contributed by atoms with E-state index in [1.165, 1.54) is 19.9 Å². The van der Waals surface area contributed by atoms with Gasteiger partial charge in [0.25, 0.3) is 0 Å². The second-order valence-corrected chi connectivity index (χ2v) is 10.9. The van der Waals surface area contributed by atoms with Gasteiger partial charge in [-0.2, -0.15) is 0 Å². The minimum Gasteiger partial charge on any atom is -0.507 e. The molecular formula is C28H32O16. The smallest absolute Gasteiger partial charge is 0.239 e. The zero-order chi connectivity index (χ0) is 32.2. The van der Waals surface area contributed by atoms with Gasteiger partial charge in [0, 0.05) is 17.7 Å². The van der Waals surface area contributed by atoms with Gasteiger partial charge in [-0.15, -0.1) is 0 Å². The van der Waals surface area contributed by atoms with Crippen LogP contribution < -0.4 is 14.9 Å². The van der Waals surface area contributed by atoms with Crippen LogP contribution in [0.1, 0.15) is 13.8 Å². The van der Waals surface area contributed by atoms with Gasteiger partial charge < -0.3 is 74.4 Å². The molecule has 0 amide bonds. The molecule has 2 aliphatic rings. The summed E-state index contributed by atoms with van der Waals surface area (Å²) in [6.45, 7) is 1.91. The molecule has 10 unspecified atom stereocenters. The van der Waals surface area contributed by atoms with Crippen LogP contribution in [0.5, 0.6) is 28.7 Å². The van der Waals surface area contributed by atoms with Crippen molar-refractivity contribution in [1.29, 1.82) is 0 Å². The van der Waals surface area contributed by atoms with Gasteiger partial charge in [0.1, 0.15) is 64.7 Å². The van der Waals surface area contributed by atoms with E-state index in [9.17, 15) is 55.9 Å². The minimum atomic E-state index is -1.83. The molecule has 0 saturated carbocycles. The summed E-state index contributed by atoms with van der Waals surface area (Å²) >= 11 is 0. The van der Waals surface area contributed by atoms with Crippen molar-refractivity contribution >= 4 is 11.0 Å². The second-order valence-electron chi connectivity index (χ2n) is 10.9. The Labute approximate surface area is 247 Å². The average Bonchev–Trinajstić information content (AvgIpc) is 2.98. The summed E-state index contributed by atoms with van der Waals surface area (Å²) in [6, 6.07) is 5.43. The molecule has 2 saturated heterocycles. The molecule has 3 heterocycles. The lowest BCUT2D eigenvalue weighted by molar-refractivity contribution is -0.313. The molecule has 0 spiro atoms. The van der Waals surface area contributed by atoms with E-state index in [-0.39, 0.29) is 16.9 Å². The second kappa shape index (κ2) is 11.7. The third-order valence-corrected chi connectivity index (χ3v) is 7.72. The third-order valence-electron chi connectivity index (χ3n) is 7.72. The Bertz CT molecular complexity index is 1590. The van der Waals surface area contributed by atoms with Crippen LogP contribution in [0.3, 0.4) is 0 Å². The Hall–Kier alpha value is -3.71. The minimum absolute atomic E-state index is 0.0269. The zero-order valence-electron chi connectivity index (χ0n) is 23.2. The Kier molecular flexibility index (Phi) is 8.40. The molecule has 0 aliphatic carbocycles. The molecular weight excluding hydrogens is 592 g/mol. The number of aliphatic hydroxyl groups excluding tert-OH is 7. The molecule has 5 rings (SSSR count). The van der Waals surface area contributed by atoms with Crippen molar-refractivity contribution in [3.8, 4) is 40.1 Å². The van der Waals surface area contributed by atoms with Crippen LogP contribution in [0, 0.1) is 0 Å². The van der Waals surface area contributed by atoms with Crippen molar-refractivity contribution in [2.24, 2.45) is 0 Å². The third kappa shape index (κ3) is 5.40. The van der Waals surface area contributed by atoms with Gasteiger partial charge >= 0.3 is 0 Å². The number of phenolic OH excluding ortho intramolecular Hbond substituents is 3. The molecule has 2 fully saturated rings. The molecule has 10 N–H and O–H groups in total. The van der Waals surface area contributed by atoms with Crippen molar-refractivity contribution in [2.75, 3.05) is 6.61 Å². The molecule has 1 aromatic heterocycles. The highest BCUT2D eigenvalue weighted by molar-refractivity contribution is 5.88. The fourth-order valence-corrected chi connectivity index (χ4v) is 4.99. The SMILES string of the molecule is CC1OC(Oc2c(-c3ccc(O)c(O)c3)oc3cc(OC4OC(C)(CO)C(O)C(O)C4O)cc(O)c3c2=O)C(O)C(O)C1O. The van der Waals surface area contributed by atoms with Gasteiger partial charge in [-0.3, -0.25) is 4.79 Å². The van der Waals surface area contributed by atoms with Gasteiger partial charge in [-0.1, -0.05) is 0 Å². The van der Waals surface area contributed by atoms with Gasteiger partial charge in [-0.05, 0) is 32.0 Å². The highest BCUT2D eigenvalue weighted by Crippen LogP contribution is 2.40. The maximum atomic E-state index is 13.8. The Morgan fingerprint density at radius 1 is 0.818 bits per heavy atom. The quantitative estimate of drug-likeness (QED) is 0.138. The largest absolute Gasteiger partial charge is 0.507 e. The van der Waals surface area contributed by atoms with Gasteiger partial charge in [0.2, 0.25) is 23.8 Å². The van der Waals surface area contributed by atoms with Crippen molar-refractivity contribution in [1.82, 2.24) is 0 Å². The van der Waals surface area contributed by atoms with E-state index in [4.69, 9.17) is 23.4 Å². The van der Waals surface area contributed by atoms with E-state index in [1.807, 2.05) is 0 Å². The van der Waals surface area contributed by atoms with Gasteiger partial charge in [0.15, 0.2) is 17.3 Å². The lowest BCUT2D eigenvalue weighted by atomic mass is 9.89. The first-order valence-corrected chi connectivity index (χ1v) is 13.4. The molecule has 240 valence electrons. The van der Waals surface area contributed by atoms with Crippen molar-refractivity contribution in [3.63, 3.8) is 0 Å². The van der Waals surface area contributed by atoms with Crippen LogP contribution in [0.4, 0.5) is 0 Å². The molecule has 44 heavy (non-hydrogen) atoms. The summed E-state index contributed by atoms with van der Waals surface area (Å²) < 4.78 is 28.1. The van der Waals surface area contributed by atoms with E-state index in [2.05, 4.69) is 0 Å². The predicted molar refractivity (Wildman–Crippen MR) is 145 cm³/mol. The van der Waals surface area contributed by atoms with Crippen LogP contribution in [0.25, 0.3) is 22.3 Å². The van der Waals surface area contributed by atoms with Crippen LogP contribution in [0.15, 0.2) is 39.5 Å². The number of hydrogen-bond acceptors (Lipinski definition) is 16. The molecule has 16 nitrogen and oxygen atoms in total. The molecule has 2 aromatic carbocycles. The summed E-state index contributed by atoms with van der Waals surface area (Å²) in [5.41, 5.74) is -3.10. The highest BCUT2D eigenvalue weighted by atomic mass is 16.7. The molecule has 0 radical (unpaired) electrons. The summed E-state index contributed by atoms with van der Waals surface area (Å²) in [5, 5.41) is 102. The van der Waals surface area contributed by atoms with Crippen molar-refractivity contribution in [3.05, 3.63) is 40.6 Å². The summed E-state index contributed by atoms with van der Waals surface area (Å²) in [6.07, 6.45) is -14.7. The maximum Gasteiger partial charge on any atom is 0.239 e. The van der Waals surface area contributed by atoms with Crippen LogP contribution >= 0.6 is 0 Å². The molecule has 0 bridgehead atoms. The van der Waals surface area contributed by atoms with Gasteiger partial charge in [-0.25, -0.2) is 0 Å². The highest BCUT2D eigenvalue weighted by Gasteiger charge is 2.52. The normalized spacial score (nSPS) is 34.2. The topological polar surface area (TPSA) is 269 Å². The fourth-order valence-electron chi connectivity index (χ4n) is 4.99.